The Morgan fingerprint density at radius 3 is 2.56 bits per heavy atom. The molecular weight excluding hydrogens is 235 g/mol. The Balaban J connectivity index is 2.56. The average molecular weight is 246 g/mol. The van der Waals surface area contributed by atoms with Crippen LogP contribution in [-0.4, -0.2) is 21.0 Å². The van der Waals surface area contributed by atoms with Crippen molar-refractivity contribution in [1.29, 1.82) is 0 Å². The zero-order chi connectivity index (χ0) is 13.3. The van der Waals surface area contributed by atoms with Crippen LogP contribution in [0.15, 0.2) is 24.3 Å². The van der Waals surface area contributed by atoms with Gasteiger partial charge in [0.15, 0.2) is 0 Å². The second-order valence-corrected chi connectivity index (χ2v) is 3.99. The SMILES string of the molecule is Cc1cc(-c2ccc(F)c(C)c2)nc(C(=O)O)n1. The quantitative estimate of drug-likeness (QED) is 0.884. The Bertz CT molecular complexity index is 626. The molecule has 1 aromatic carbocycles. The summed E-state index contributed by atoms with van der Waals surface area (Å²) >= 11 is 0. The first-order chi connectivity index (χ1) is 8.47. The molecule has 0 atom stereocenters. The number of nitrogens with zero attached hydrogens (tertiary/aromatic N) is 2. The van der Waals surface area contributed by atoms with Gasteiger partial charge >= 0.3 is 5.97 Å². The molecule has 92 valence electrons. The minimum absolute atomic E-state index is 0.257. The first-order valence-corrected chi connectivity index (χ1v) is 5.33. The van der Waals surface area contributed by atoms with Gasteiger partial charge in [0.05, 0.1) is 5.69 Å². The Hall–Kier alpha value is -2.30. The number of carboxylic acids is 1. The highest BCUT2D eigenvalue weighted by Gasteiger charge is 2.11. The Labute approximate surface area is 103 Å². The highest BCUT2D eigenvalue weighted by molar-refractivity contribution is 5.84. The van der Waals surface area contributed by atoms with E-state index in [0.717, 1.165) is 0 Å². The maximum absolute atomic E-state index is 13.2. The minimum Gasteiger partial charge on any atom is -0.475 e. The van der Waals surface area contributed by atoms with Crippen LogP contribution >= 0.6 is 0 Å². The van der Waals surface area contributed by atoms with Gasteiger partial charge in [-0.15, -0.1) is 0 Å². The Morgan fingerprint density at radius 2 is 1.94 bits per heavy atom. The molecule has 1 N–H and O–H groups in total. The van der Waals surface area contributed by atoms with Crippen LogP contribution in [0.4, 0.5) is 4.39 Å². The van der Waals surface area contributed by atoms with Gasteiger partial charge in [0.2, 0.25) is 5.82 Å². The standard InChI is InChI=1S/C13H11FN2O2/c1-7-5-9(3-4-10(7)14)11-6-8(2)15-12(16-11)13(17)18/h3-6H,1-2H3,(H,17,18). The predicted molar refractivity (Wildman–Crippen MR) is 63.9 cm³/mol. The molecule has 0 aliphatic heterocycles. The molecule has 1 heterocycles. The minimum atomic E-state index is -1.18. The van der Waals surface area contributed by atoms with E-state index in [2.05, 4.69) is 9.97 Å². The lowest BCUT2D eigenvalue weighted by atomic mass is 10.1. The summed E-state index contributed by atoms with van der Waals surface area (Å²) in [5, 5.41) is 8.89. The summed E-state index contributed by atoms with van der Waals surface area (Å²) in [4.78, 5) is 18.6. The molecule has 18 heavy (non-hydrogen) atoms. The van der Waals surface area contributed by atoms with Crippen LogP contribution in [0.3, 0.4) is 0 Å². The molecule has 2 rings (SSSR count). The molecule has 5 heteroatoms. The highest BCUT2D eigenvalue weighted by atomic mass is 19.1. The van der Waals surface area contributed by atoms with E-state index in [0.29, 0.717) is 22.5 Å². The third-order valence-electron chi connectivity index (χ3n) is 2.50. The number of rotatable bonds is 2. The van der Waals surface area contributed by atoms with Gasteiger partial charge in [0.1, 0.15) is 5.82 Å². The molecule has 0 amide bonds. The fourth-order valence-corrected chi connectivity index (χ4v) is 1.62. The largest absolute Gasteiger partial charge is 0.475 e. The van der Waals surface area contributed by atoms with Crippen molar-refractivity contribution in [2.45, 2.75) is 13.8 Å². The average Bonchev–Trinajstić information content (AvgIpc) is 2.31. The molecule has 0 saturated carbocycles. The summed E-state index contributed by atoms with van der Waals surface area (Å²) in [5.41, 5.74) is 2.19. The van der Waals surface area contributed by atoms with Gasteiger partial charge in [0, 0.05) is 11.3 Å². The summed E-state index contributed by atoms with van der Waals surface area (Å²) in [6.07, 6.45) is 0. The van der Waals surface area contributed by atoms with Crippen LogP contribution in [-0.2, 0) is 0 Å². The van der Waals surface area contributed by atoms with Gasteiger partial charge in [-0.25, -0.2) is 19.2 Å². The van der Waals surface area contributed by atoms with Gasteiger partial charge in [-0.1, -0.05) is 0 Å². The Morgan fingerprint density at radius 1 is 1.22 bits per heavy atom. The van der Waals surface area contributed by atoms with E-state index in [4.69, 9.17) is 5.11 Å². The number of aryl methyl sites for hydroxylation is 2. The van der Waals surface area contributed by atoms with Crippen molar-refractivity contribution in [2.24, 2.45) is 0 Å². The molecular formula is C13H11FN2O2. The second kappa shape index (κ2) is 4.52. The number of carboxylic acid groups (broad SMARTS) is 1. The van der Waals surface area contributed by atoms with E-state index < -0.39 is 5.97 Å². The number of aromatic nitrogens is 2. The van der Waals surface area contributed by atoms with E-state index >= 15 is 0 Å². The third-order valence-corrected chi connectivity index (χ3v) is 2.50. The lowest BCUT2D eigenvalue weighted by Gasteiger charge is -2.05. The van der Waals surface area contributed by atoms with E-state index in [1.807, 2.05) is 0 Å². The molecule has 0 radical (unpaired) electrons. The zero-order valence-corrected chi connectivity index (χ0v) is 9.94. The van der Waals surface area contributed by atoms with Crippen LogP contribution < -0.4 is 0 Å². The van der Waals surface area contributed by atoms with E-state index in [1.165, 1.54) is 6.07 Å². The van der Waals surface area contributed by atoms with Gasteiger partial charge in [0.25, 0.3) is 0 Å². The number of benzene rings is 1. The summed E-state index contributed by atoms with van der Waals surface area (Å²) in [6, 6.07) is 6.19. The molecule has 0 unspecified atom stereocenters. The third kappa shape index (κ3) is 2.34. The molecule has 1 aromatic heterocycles. The molecule has 4 nitrogen and oxygen atoms in total. The molecule has 2 aromatic rings. The second-order valence-electron chi connectivity index (χ2n) is 3.99. The maximum Gasteiger partial charge on any atom is 0.373 e. The van der Waals surface area contributed by atoms with Crippen molar-refractivity contribution in [3.05, 3.63) is 47.2 Å². The maximum atomic E-state index is 13.2. The summed E-state index contributed by atoms with van der Waals surface area (Å²) in [7, 11) is 0. The van der Waals surface area contributed by atoms with Crippen molar-refractivity contribution in [1.82, 2.24) is 9.97 Å². The Kier molecular flexibility index (Phi) is 3.06. The molecule has 0 spiro atoms. The summed E-state index contributed by atoms with van der Waals surface area (Å²) in [5.74, 6) is -1.74. The molecule has 0 aliphatic carbocycles. The van der Waals surface area contributed by atoms with Crippen molar-refractivity contribution in [3.63, 3.8) is 0 Å². The van der Waals surface area contributed by atoms with Crippen LogP contribution in [0.2, 0.25) is 0 Å². The predicted octanol–water partition coefficient (Wildman–Crippen LogP) is 2.60. The van der Waals surface area contributed by atoms with Gasteiger partial charge < -0.3 is 5.11 Å². The van der Waals surface area contributed by atoms with E-state index in [1.54, 1.807) is 32.0 Å². The van der Waals surface area contributed by atoms with Gasteiger partial charge in [-0.3, -0.25) is 0 Å². The molecule has 0 bridgehead atoms. The number of hydrogen-bond acceptors (Lipinski definition) is 3. The van der Waals surface area contributed by atoms with Crippen molar-refractivity contribution >= 4 is 5.97 Å². The summed E-state index contributed by atoms with van der Waals surface area (Å²) in [6.45, 7) is 3.33. The molecule has 0 saturated heterocycles. The van der Waals surface area contributed by atoms with Crippen LogP contribution in [0, 0.1) is 19.7 Å². The fourth-order valence-electron chi connectivity index (χ4n) is 1.62. The normalized spacial score (nSPS) is 10.4. The molecule has 0 aliphatic rings. The number of carbonyl (C=O) groups is 1. The van der Waals surface area contributed by atoms with Gasteiger partial charge in [-0.05, 0) is 43.7 Å². The number of hydrogen-bond donors (Lipinski definition) is 1. The van der Waals surface area contributed by atoms with Crippen LogP contribution in [0.1, 0.15) is 21.9 Å². The monoisotopic (exact) mass is 246 g/mol. The fraction of sp³-hybridized carbons (Fsp3) is 0.154. The van der Waals surface area contributed by atoms with Crippen molar-refractivity contribution in [2.75, 3.05) is 0 Å². The number of halogens is 1. The lowest BCUT2D eigenvalue weighted by Crippen LogP contribution is -2.06. The first-order valence-electron chi connectivity index (χ1n) is 5.33. The summed E-state index contributed by atoms with van der Waals surface area (Å²) < 4.78 is 13.2. The highest BCUT2D eigenvalue weighted by Crippen LogP contribution is 2.20. The lowest BCUT2D eigenvalue weighted by molar-refractivity contribution is 0.0683. The van der Waals surface area contributed by atoms with Crippen LogP contribution in [0.5, 0.6) is 0 Å². The van der Waals surface area contributed by atoms with Crippen molar-refractivity contribution in [3.8, 4) is 11.3 Å². The van der Waals surface area contributed by atoms with Crippen LogP contribution in [0.25, 0.3) is 11.3 Å². The van der Waals surface area contributed by atoms with Gasteiger partial charge in [-0.2, -0.15) is 0 Å². The topological polar surface area (TPSA) is 63.1 Å². The van der Waals surface area contributed by atoms with E-state index in [-0.39, 0.29) is 11.6 Å². The molecule has 0 fully saturated rings. The smallest absolute Gasteiger partial charge is 0.373 e. The first kappa shape index (κ1) is 12.2. The van der Waals surface area contributed by atoms with Crippen molar-refractivity contribution < 1.29 is 14.3 Å². The van der Waals surface area contributed by atoms with E-state index in [9.17, 15) is 9.18 Å². The zero-order valence-electron chi connectivity index (χ0n) is 9.94. The number of aromatic carboxylic acids is 1.